The summed E-state index contributed by atoms with van der Waals surface area (Å²) in [6, 6.07) is 7.37. The number of halogens is 1. The lowest BCUT2D eigenvalue weighted by Crippen LogP contribution is -2.56. The molecule has 1 aliphatic rings. The Bertz CT molecular complexity index is 656. The lowest BCUT2D eigenvalue weighted by Gasteiger charge is -2.45. The number of carbonyl (C=O) groups is 1. The molecule has 5 heteroatoms. The first kappa shape index (κ1) is 20.5. The molecule has 1 fully saturated rings. The number of amidine groups is 1. The van der Waals surface area contributed by atoms with Gasteiger partial charge in [0.2, 0.25) is 0 Å². The van der Waals surface area contributed by atoms with Gasteiger partial charge in [-0.2, -0.15) is 0 Å². The zero-order valence-electron chi connectivity index (χ0n) is 16.0. The summed E-state index contributed by atoms with van der Waals surface area (Å²) in [5, 5.41) is 0.664. The third-order valence-corrected chi connectivity index (χ3v) is 5.29. The number of rotatable bonds is 7. The summed E-state index contributed by atoms with van der Waals surface area (Å²) in [6.45, 7) is 12.0. The fraction of sp³-hybridized carbons (Fsp3) is 0.524. The quantitative estimate of drug-likeness (QED) is 0.482. The Morgan fingerprint density at radius 2 is 2.12 bits per heavy atom. The van der Waals surface area contributed by atoms with Crippen LogP contribution >= 0.6 is 11.6 Å². The Morgan fingerprint density at radius 1 is 1.42 bits per heavy atom. The number of ether oxygens (including phenoxy) is 1. The first-order chi connectivity index (χ1) is 12.5. The van der Waals surface area contributed by atoms with Crippen molar-refractivity contribution >= 4 is 29.1 Å². The van der Waals surface area contributed by atoms with E-state index in [9.17, 15) is 4.79 Å². The summed E-state index contributed by atoms with van der Waals surface area (Å²) < 4.78 is 5.44. The van der Waals surface area contributed by atoms with Gasteiger partial charge in [-0.1, -0.05) is 31.0 Å². The van der Waals surface area contributed by atoms with Gasteiger partial charge < -0.3 is 9.64 Å². The maximum absolute atomic E-state index is 13.0. The van der Waals surface area contributed by atoms with Crippen molar-refractivity contribution in [2.75, 3.05) is 19.7 Å². The van der Waals surface area contributed by atoms with Gasteiger partial charge in [-0.05, 0) is 51.0 Å². The predicted octanol–water partition coefficient (Wildman–Crippen LogP) is 5.25. The van der Waals surface area contributed by atoms with Gasteiger partial charge in [0.1, 0.15) is 11.3 Å². The number of carbonyl (C=O) groups excluding carboxylic acids is 1. The molecule has 0 amide bonds. The number of piperidine rings is 1. The molecule has 1 heterocycles. The Morgan fingerprint density at radius 3 is 2.69 bits per heavy atom. The van der Waals surface area contributed by atoms with Crippen LogP contribution in [0.3, 0.4) is 0 Å². The smallest absolute Gasteiger partial charge is 0.320 e. The van der Waals surface area contributed by atoms with Gasteiger partial charge in [0.25, 0.3) is 0 Å². The molecule has 0 aromatic heterocycles. The van der Waals surface area contributed by atoms with Crippen LogP contribution < -0.4 is 0 Å². The standard InChI is InChI=1S/C21H29ClN2O2/c1-5-8-14-24-15-13-16(6-2)21(4,20(25)26-7-3)19(24)23-18-11-9-17(22)10-12-18/h6,9-12,16H,2,5,7-8,13-15H2,1,3-4H3. The van der Waals surface area contributed by atoms with E-state index in [0.717, 1.165) is 43.9 Å². The SMILES string of the molecule is C=CC1CCN(CCCC)C(=Nc2ccc(Cl)cc2)C1(C)C(=O)OCC. The summed E-state index contributed by atoms with van der Waals surface area (Å²) in [6.07, 6.45) is 4.87. The van der Waals surface area contributed by atoms with Crippen molar-refractivity contribution in [3.63, 3.8) is 0 Å². The van der Waals surface area contributed by atoms with E-state index in [-0.39, 0.29) is 11.9 Å². The number of hydrogen-bond donors (Lipinski definition) is 0. The van der Waals surface area contributed by atoms with Gasteiger partial charge in [0, 0.05) is 24.0 Å². The first-order valence-electron chi connectivity index (χ1n) is 9.36. The first-order valence-corrected chi connectivity index (χ1v) is 9.74. The monoisotopic (exact) mass is 376 g/mol. The lowest BCUT2D eigenvalue weighted by atomic mass is 9.71. The number of unbranched alkanes of at least 4 members (excludes halogenated alkanes) is 1. The molecule has 0 radical (unpaired) electrons. The Kier molecular flexibility index (Phi) is 7.27. The molecule has 2 atom stereocenters. The molecule has 2 unspecified atom stereocenters. The molecule has 0 spiro atoms. The molecule has 0 bridgehead atoms. The van der Waals surface area contributed by atoms with Crippen LogP contribution in [0.2, 0.25) is 5.02 Å². The molecule has 0 N–H and O–H groups in total. The highest BCUT2D eigenvalue weighted by molar-refractivity contribution is 6.30. The molecule has 1 aliphatic heterocycles. The normalized spacial score (nSPS) is 24.5. The van der Waals surface area contributed by atoms with Gasteiger partial charge in [-0.25, -0.2) is 4.99 Å². The molecule has 26 heavy (non-hydrogen) atoms. The van der Waals surface area contributed by atoms with Crippen molar-refractivity contribution < 1.29 is 9.53 Å². The lowest BCUT2D eigenvalue weighted by molar-refractivity contribution is -0.153. The van der Waals surface area contributed by atoms with Crippen molar-refractivity contribution in [1.29, 1.82) is 0 Å². The molecule has 0 saturated carbocycles. The number of likely N-dealkylation sites (tertiary alicyclic amines) is 1. The van der Waals surface area contributed by atoms with Crippen LogP contribution in [0.4, 0.5) is 5.69 Å². The number of benzene rings is 1. The zero-order valence-corrected chi connectivity index (χ0v) is 16.8. The van der Waals surface area contributed by atoms with Crippen LogP contribution in [0.25, 0.3) is 0 Å². The van der Waals surface area contributed by atoms with Crippen LogP contribution in [-0.2, 0) is 9.53 Å². The van der Waals surface area contributed by atoms with Crippen LogP contribution in [0, 0.1) is 11.3 Å². The van der Waals surface area contributed by atoms with Crippen LogP contribution in [0.15, 0.2) is 41.9 Å². The predicted molar refractivity (Wildman–Crippen MR) is 108 cm³/mol. The molecular weight excluding hydrogens is 348 g/mol. The summed E-state index contributed by atoms with van der Waals surface area (Å²) in [5.41, 5.74) is -0.0604. The number of hydrogen-bond acceptors (Lipinski definition) is 3. The summed E-state index contributed by atoms with van der Waals surface area (Å²) in [4.78, 5) is 20.1. The van der Waals surface area contributed by atoms with E-state index in [1.165, 1.54) is 0 Å². The second-order valence-corrected chi connectivity index (χ2v) is 7.24. The molecule has 1 aromatic carbocycles. The van der Waals surface area contributed by atoms with Gasteiger partial charge in [0.05, 0.1) is 12.3 Å². The van der Waals surface area contributed by atoms with Gasteiger partial charge in [0.15, 0.2) is 0 Å². The van der Waals surface area contributed by atoms with E-state index in [2.05, 4.69) is 18.4 Å². The summed E-state index contributed by atoms with van der Waals surface area (Å²) >= 11 is 6.00. The highest BCUT2D eigenvalue weighted by Gasteiger charge is 2.50. The average Bonchev–Trinajstić information content (AvgIpc) is 2.64. The van der Waals surface area contributed by atoms with E-state index in [1.54, 1.807) is 0 Å². The third-order valence-electron chi connectivity index (χ3n) is 5.04. The van der Waals surface area contributed by atoms with Crippen LogP contribution in [0.5, 0.6) is 0 Å². The number of aliphatic imine (C=N–C) groups is 1. The van der Waals surface area contributed by atoms with E-state index in [0.29, 0.717) is 11.6 Å². The van der Waals surface area contributed by atoms with Gasteiger partial charge in [-0.15, -0.1) is 6.58 Å². The van der Waals surface area contributed by atoms with Crippen molar-refractivity contribution in [2.45, 2.75) is 40.0 Å². The topological polar surface area (TPSA) is 41.9 Å². The van der Waals surface area contributed by atoms with Gasteiger partial charge in [-0.3, -0.25) is 4.79 Å². The number of allylic oxidation sites excluding steroid dienone is 1. The third kappa shape index (κ3) is 4.29. The van der Waals surface area contributed by atoms with E-state index in [4.69, 9.17) is 21.3 Å². The average molecular weight is 377 g/mol. The van der Waals surface area contributed by atoms with Crippen molar-refractivity contribution in [2.24, 2.45) is 16.3 Å². The highest BCUT2D eigenvalue weighted by Crippen LogP contribution is 2.40. The fourth-order valence-corrected chi connectivity index (χ4v) is 3.58. The second kappa shape index (κ2) is 9.22. The molecule has 4 nitrogen and oxygen atoms in total. The van der Waals surface area contributed by atoms with E-state index >= 15 is 0 Å². The van der Waals surface area contributed by atoms with Gasteiger partial charge >= 0.3 is 5.97 Å². The number of nitrogens with zero attached hydrogens (tertiary/aromatic N) is 2. The summed E-state index contributed by atoms with van der Waals surface area (Å²) in [7, 11) is 0. The minimum absolute atomic E-state index is 0.00882. The molecular formula is C21H29ClN2O2. The maximum atomic E-state index is 13.0. The van der Waals surface area contributed by atoms with E-state index < -0.39 is 5.41 Å². The summed E-state index contributed by atoms with van der Waals surface area (Å²) in [5.74, 6) is 0.521. The van der Waals surface area contributed by atoms with Crippen molar-refractivity contribution in [3.05, 3.63) is 41.9 Å². The molecule has 2 rings (SSSR count). The minimum Gasteiger partial charge on any atom is -0.465 e. The molecule has 0 aliphatic carbocycles. The largest absolute Gasteiger partial charge is 0.465 e. The maximum Gasteiger partial charge on any atom is 0.320 e. The van der Waals surface area contributed by atoms with E-state index in [1.807, 2.05) is 44.2 Å². The molecule has 1 aromatic rings. The number of esters is 1. The molecule has 142 valence electrons. The Hall–Kier alpha value is -1.81. The Balaban J connectivity index is 2.53. The minimum atomic E-state index is -0.844. The Labute approximate surface area is 161 Å². The van der Waals surface area contributed by atoms with Crippen LogP contribution in [-0.4, -0.2) is 36.4 Å². The second-order valence-electron chi connectivity index (χ2n) is 6.81. The zero-order chi connectivity index (χ0) is 19.2. The van der Waals surface area contributed by atoms with Crippen molar-refractivity contribution in [3.8, 4) is 0 Å². The highest BCUT2D eigenvalue weighted by atomic mass is 35.5. The van der Waals surface area contributed by atoms with Crippen molar-refractivity contribution in [1.82, 2.24) is 4.90 Å². The van der Waals surface area contributed by atoms with Crippen LogP contribution in [0.1, 0.15) is 40.0 Å². The molecule has 1 saturated heterocycles. The fourth-order valence-electron chi connectivity index (χ4n) is 3.45.